The highest BCUT2D eigenvalue weighted by molar-refractivity contribution is 5.79. The molecule has 1 aliphatic rings. The number of carbonyl (C=O) groups excluding carboxylic acids is 1. The lowest BCUT2D eigenvalue weighted by atomic mass is 10.1. The van der Waals surface area contributed by atoms with Crippen LogP contribution < -0.4 is 10.1 Å². The fourth-order valence-electron chi connectivity index (χ4n) is 2.63. The van der Waals surface area contributed by atoms with Crippen molar-refractivity contribution in [1.29, 1.82) is 0 Å². The van der Waals surface area contributed by atoms with Crippen molar-refractivity contribution in [1.82, 2.24) is 5.32 Å². The summed E-state index contributed by atoms with van der Waals surface area (Å²) in [6.45, 7) is 0.195. The Balaban J connectivity index is 1.88. The lowest BCUT2D eigenvalue weighted by Crippen LogP contribution is -2.35. The number of ether oxygens (including phenoxy) is 1. The topological polar surface area (TPSA) is 58.6 Å². The number of aliphatic hydroxyl groups excluding tert-OH is 1. The predicted octanol–water partition coefficient (Wildman–Crippen LogP) is 2.40. The maximum Gasteiger partial charge on any atom is 0.573 e. The van der Waals surface area contributed by atoms with E-state index in [0.717, 1.165) is 6.42 Å². The first kappa shape index (κ1) is 16.6. The maximum absolute atomic E-state index is 12.3. The van der Waals surface area contributed by atoms with Gasteiger partial charge in [-0.15, -0.1) is 13.2 Å². The summed E-state index contributed by atoms with van der Waals surface area (Å²) >= 11 is 0. The smallest absolute Gasteiger partial charge is 0.406 e. The Morgan fingerprint density at radius 2 is 2.05 bits per heavy atom. The molecule has 2 unspecified atom stereocenters. The number of benzene rings is 1. The molecule has 22 heavy (non-hydrogen) atoms. The van der Waals surface area contributed by atoms with Crippen molar-refractivity contribution >= 4 is 5.91 Å². The molecule has 1 saturated carbocycles. The van der Waals surface area contributed by atoms with Crippen molar-refractivity contribution in [3.63, 3.8) is 0 Å². The molecule has 1 amide bonds. The van der Waals surface area contributed by atoms with Gasteiger partial charge in [-0.3, -0.25) is 4.79 Å². The lowest BCUT2D eigenvalue weighted by Gasteiger charge is -2.16. The van der Waals surface area contributed by atoms with Crippen LogP contribution >= 0.6 is 0 Å². The first-order chi connectivity index (χ1) is 10.4. The number of alkyl halides is 3. The monoisotopic (exact) mass is 317 g/mol. The normalized spacial score (nSPS) is 21.6. The molecule has 1 aromatic carbocycles. The fraction of sp³-hybridized carbons (Fsp3) is 0.533. The van der Waals surface area contributed by atoms with E-state index in [1.54, 1.807) is 6.07 Å². The van der Waals surface area contributed by atoms with Crippen molar-refractivity contribution in [3.8, 4) is 5.75 Å². The first-order valence-corrected chi connectivity index (χ1v) is 7.16. The Kier molecular flexibility index (Phi) is 5.28. The number of para-hydroxylation sites is 1. The second-order valence-corrected chi connectivity index (χ2v) is 5.30. The fourth-order valence-corrected chi connectivity index (χ4v) is 2.63. The Bertz CT molecular complexity index is 519. The third-order valence-corrected chi connectivity index (χ3v) is 3.71. The zero-order chi connectivity index (χ0) is 16.2. The molecule has 0 spiro atoms. The number of amides is 1. The molecule has 2 rings (SSSR count). The number of hydrogen-bond acceptors (Lipinski definition) is 3. The molecule has 0 saturated heterocycles. The quantitative estimate of drug-likeness (QED) is 0.877. The van der Waals surface area contributed by atoms with Crippen molar-refractivity contribution in [2.45, 2.75) is 38.1 Å². The molecule has 4 nitrogen and oxygen atoms in total. The number of aliphatic hydroxyl groups is 1. The van der Waals surface area contributed by atoms with Gasteiger partial charge in [0, 0.05) is 6.54 Å². The summed E-state index contributed by atoms with van der Waals surface area (Å²) in [7, 11) is 0. The second-order valence-electron chi connectivity index (χ2n) is 5.30. The summed E-state index contributed by atoms with van der Waals surface area (Å²) in [5, 5.41) is 12.3. The molecule has 1 aromatic rings. The van der Waals surface area contributed by atoms with E-state index in [2.05, 4.69) is 10.1 Å². The zero-order valence-corrected chi connectivity index (χ0v) is 11.9. The Morgan fingerprint density at radius 1 is 1.32 bits per heavy atom. The van der Waals surface area contributed by atoms with Gasteiger partial charge in [0.15, 0.2) is 0 Å². The molecule has 2 N–H and O–H groups in total. The molecule has 0 aliphatic heterocycles. The van der Waals surface area contributed by atoms with Gasteiger partial charge in [-0.2, -0.15) is 0 Å². The van der Waals surface area contributed by atoms with Gasteiger partial charge >= 0.3 is 6.36 Å². The highest BCUT2D eigenvalue weighted by Gasteiger charge is 2.32. The minimum Gasteiger partial charge on any atom is -0.406 e. The van der Waals surface area contributed by atoms with Crippen LogP contribution in [0.25, 0.3) is 0 Å². The van der Waals surface area contributed by atoms with Gasteiger partial charge in [0.1, 0.15) is 5.75 Å². The van der Waals surface area contributed by atoms with Crippen molar-refractivity contribution in [2.75, 3.05) is 6.54 Å². The van der Waals surface area contributed by atoms with E-state index in [1.165, 1.54) is 18.2 Å². The third-order valence-electron chi connectivity index (χ3n) is 3.71. The van der Waals surface area contributed by atoms with Crippen LogP contribution in [0.15, 0.2) is 24.3 Å². The van der Waals surface area contributed by atoms with Crippen molar-refractivity contribution in [3.05, 3.63) is 29.8 Å². The zero-order valence-electron chi connectivity index (χ0n) is 11.9. The van der Waals surface area contributed by atoms with E-state index in [4.69, 9.17) is 0 Å². The van der Waals surface area contributed by atoms with E-state index in [1.807, 2.05) is 0 Å². The Morgan fingerprint density at radius 3 is 2.68 bits per heavy atom. The molecule has 0 bridgehead atoms. The van der Waals surface area contributed by atoms with Gasteiger partial charge in [0.25, 0.3) is 0 Å². The molecule has 2 atom stereocenters. The Hall–Kier alpha value is -1.76. The molecular formula is C15H18F3NO3. The summed E-state index contributed by atoms with van der Waals surface area (Å²) in [5.74, 6) is -0.925. The number of hydrogen-bond donors (Lipinski definition) is 2. The van der Waals surface area contributed by atoms with Gasteiger partial charge in [-0.25, -0.2) is 0 Å². The van der Waals surface area contributed by atoms with E-state index in [-0.39, 0.29) is 24.6 Å². The van der Waals surface area contributed by atoms with Gasteiger partial charge in [-0.1, -0.05) is 18.2 Å². The first-order valence-electron chi connectivity index (χ1n) is 7.16. The van der Waals surface area contributed by atoms with E-state index >= 15 is 0 Å². The number of rotatable bonds is 5. The van der Waals surface area contributed by atoms with Gasteiger partial charge in [-0.05, 0) is 37.3 Å². The van der Waals surface area contributed by atoms with Crippen LogP contribution in [0, 0.1) is 5.92 Å². The number of nitrogens with one attached hydrogen (secondary N) is 1. The SMILES string of the molecule is O=C(NCCc1ccccc1OC(F)(F)F)C1CCCC1O. The molecule has 122 valence electrons. The molecule has 0 aromatic heterocycles. The lowest BCUT2D eigenvalue weighted by molar-refractivity contribution is -0.274. The molecular weight excluding hydrogens is 299 g/mol. The number of carbonyl (C=O) groups is 1. The predicted molar refractivity (Wildman–Crippen MR) is 73.2 cm³/mol. The van der Waals surface area contributed by atoms with E-state index in [9.17, 15) is 23.1 Å². The minimum absolute atomic E-state index is 0.195. The summed E-state index contributed by atoms with van der Waals surface area (Å²) < 4.78 is 40.9. The van der Waals surface area contributed by atoms with Crippen LogP contribution in [-0.2, 0) is 11.2 Å². The van der Waals surface area contributed by atoms with Crippen LogP contribution in [0.1, 0.15) is 24.8 Å². The minimum atomic E-state index is -4.74. The second kappa shape index (κ2) is 7.00. The van der Waals surface area contributed by atoms with Crippen LogP contribution in [0.3, 0.4) is 0 Å². The molecule has 7 heteroatoms. The summed E-state index contributed by atoms with van der Waals surface area (Å²) in [6.07, 6.45) is -3.09. The molecule has 1 fully saturated rings. The largest absolute Gasteiger partial charge is 0.573 e. The third kappa shape index (κ3) is 4.62. The van der Waals surface area contributed by atoms with Crippen LogP contribution in [-0.4, -0.2) is 30.0 Å². The average Bonchev–Trinajstić information content (AvgIpc) is 2.85. The van der Waals surface area contributed by atoms with Crippen molar-refractivity contribution < 1.29 is 27.8 Å². The highest BCUT2D eigenvalue weighted by Crippen LogP contribution is 2.27. The van der Waals surface area contributed by atoms with Gasteiger partial charge < -0.3 is 15.2 Å². The average molecular weight is 317 g/mol. The summed E-state index contributed by atoms with van der Waals surface area (Å²) in [5.41, 5.74) is 0.368. The van der Waals surface area contributed by atoms with Crippen LogP contribution in [0.5, 0.6) is 5.75 Å². The van der Waals surface area contributed by atoms with Gasteiger partial charge in [0.05, 0.1) is 12.0 Å². The number of halogens is 3. The van der Waals surface area contributed by atoms with Crippen LogP contribution in [0.4, 0.5) is 13.2 Å². The standard InChI is InChI=1S/C15H18F3NO3/c16-15(17,18)22-13-7-2-1-4-10(13)8-9-19-14(21)11-5-3-6-12(11)20/h1-2,4,7,11-12,20H,3,5-6,8-9H2,(H,19,21). The Labute approximate surface area is 126 Å². The highest BCUT2D eigenvalue weighted by atomic mass is 19.4. The molecule has 0 radical (unpaired) electrons. The maximum atomic E-state index is 12.3. The van der Waals surface area contributed by atoms with Crippen LogP contribution in [0.2, 0.25) is 0 Å². The van der Waals surface area contributed by atoms with E-state index < -0.39 is 18.4 Å². The van der Waals surface area contributed by atoms with Gasteiger partial charge in [0.2, 0.25) is 5.91 Å². The summed E-state index contributed by atoms with van der Waals surface area (Å²) in [4.78, 5) is 11.9. The molecule has 1 aliphatic carbocycles. The summed E-state index contributed by atoms with van der Waals surface area (Å²) in [6, 6.07) is 5.84. The molecule has 0 heterocycles. The van der Waals surface area contributed by atoms with E-state index in [0.29, 0.717) is 18.4 Å². The van der Waals surface area contributed by atoms with Crippen molar-refractivity contribution in [2.24, 2.45) is 5.92 Å².